The zero-order valence-electron chi connectivity index (χ0n) is 18.7. The quantitative estimate of drug-likeness (QED) is 0.488. The maximum absolute atomic E-state index is 6.37. The van der Waals surface area contributed by atoms with E-state index in [0.29, 0.717) is 16.0 Å². The first-order chi connectivity index (χ1) is 16.0. The van der Waals surface area contributed by atoms with Gasteiger partial charge in [-0.25, -0.2) is 9.97 Å². The third-order valence-corrected chi connectivity index (χ3v) is 7.37. The summed E-state index contributed by atoms with van der Waals surface area (Å²) in [5, 5.41) is 4.70. The number of benzene rings is 1. The number of nitrogens with zero attached hydrogens (tertiary/aromatic N) is 5. The summed E-state index contributed by atoms with van der Waals surface area (Å²) < 4.78 is 0. The number of anilines is 2. The highest BCUT2D eigenvalue weighted by Gasteiger charge is 2.36. The van der Waals surface area contributed by atoms with E-state index < -0.39 is 0 Å². The van der Waals surface area contributed by atoms with Crippen molar-refractivity contribution in [3.63, 3.8) is 0 Å². The molecule has 2 saturated heterocycles. The van der Waals surface area contributed by atoms with Gasteiger partial charge in [0.2, 0.25) is 0 Å². The molecule has 2 aromatic heterocycles. The van der Waals surface area contributed by atoms with E-state index in [2.05, 4.69) is 37.0 Å². The van der Waals surface area contributed by atoms with Gasteiger partial charge in [-0.15, -0.1) is 0 Å². The maximum atomic E-state index is 6.37. The molecule has 2 atom stereocenters. The highest BCUT2D eigenvalue weighted by molar-refractivity contribution is 6.35. The normalized spacial score (nSPS) is 20.5. The monoisotopic (exact) mass is 485 g/mol. The van der Waals surface area contributed by atoms with Crippen molar-refractivity contribution in [3.8, 4) is 0 Å². The molecule has 0 aliphatic carbocycles. The molecule has 2 aliphatic heterocycles. The minimum Gasteiger partial charge on any atom is -0.362 e. The van der Waals surface area contributed by atoms with Crippen molar-refractivity contribution in [1.82, 2.24) is 24.8 Å². The Balaban J connectivity index is 1.16. The number of piperidine rings is 1. The highest BCUT2D eigenvalue weighted by atomic mass is 35.5. The minimum absolute atomic E-state index is 0.00782. The SMILES string of the molecule is C[C@@H](Nc1cncc(N2CC([C@@H]3CCCN(Cc4cnc[nH]4)C3)C2)n1)c1ccc(Cl)cc1Cl. The van der Waals surface area contributed by atoms with Crippen LogP contribution in [0.4, 0.5) is 11.6 Å². The number of hydrogen-bond donors (Lipinski definition) is 2. The van der Waals surface area contributed by atoms with E-state index in [1.54, 1.807) is 18.6 Å². The summed E-state index contributed by atoms with van der Waals surface area (Å²) in [6.45, 7) is 7.42. The highest BCUT2D eigenvalue weighted by Crippen LogP contribution is 2.34. The van der Waals surface area contributed by atoms with Crippen molar-refractivity contribution in [2.75, 3.05) is 36.4 Å². The van der Waals surface area contributed by atoms with Gasteiger partial charge in [0.1, 0.15) is 11.6 Å². The number of halogens is 2. The Labute approximate surface area is 204 Å². The molecular formula is C24H29Cl2N7. The zero-order valence-corrected chi connectivity index (χ0v) is 20.2. The lowest BCUT2D eigenvalue weighted by atomic mass is 9.80. The minimum atomic E-state index is -0.00782. The summed E-state index contributed by atoms with van der Waals surface area (Å²) in [6, 6.07) is 5.55. The number of likely N-dealkylation sites (tertiary alicyclic amines) is 1. The summed E-state index contributed by atoms with van der Waals surface area (Å²) in [4.78, 5) is 21.5. The van der Waals surface area contributed by atoms with Gasteiger partial charge >= 0.3 is 0 Å². The van der Waals surface area contributed by atoms with Crippen molar-refractivity contribution < 1.29 is 0 Å². The first kappa shape index (κ1) is 22.4. The predicted molar refractivity (Wildman–Crippen MR) is 133 cm³/mol. The molecule has 0 radical (unpaired) electrons. The van der Waals surface area contributed by atoms with Crippen molar-refractivity contribution in [2.24, 2.45) is 11.8 Å². The lowest BCUT2D eigenvalue weighted by Crippen LogP contribution is -2.53. The molecule has 4 heterocycles. The molecule has 9 heteroatoms. The third-order valence-electron chi connectivity index (χ3n) is 6.81. The second kappa shape index (κ2) is 9.87. The first-order valence-electron chi connectivity index (χ1n) is 11.5. The Hall–Kier alpha value is -2.35. The fraction of sp³-hybridized carbons (Fsp3) is 0.458. The van der Waals surface area contributed by atoms with Crippen molar-refractivity contribution in [2.45, 2.75) is 32.4 Å². The van der Waals surface area contributed by atoms with Crippen LogP contribution >= 0.6 is 23.2 Å². The van der Waals surface area contributed by atoms with Gasteiger partial charge in [0.15, 0.2) is 0 Å². The Bertz CT molecular complexity index is 1070. The second-order valence-corrected chi connectivity index (χ2v) is 10.0. The number of aromatic amines is 1. The van der Waals surface area contributed by atoms with Gasteiger partial charge in [-0.1, -0.05) is 29.3 Å². The van der Waals surface area contributed by atoms with Crippen LogP contribution in [0.2, 0.25) is 10.0 Å². The molecule has 0 saturated carbocycles. The maximum Gasteiger partial charge on any atom is 0.149 e. The lowest BCUT2D eigenvalue weighted by molar-refractivity contribution is 0.113. The molecule has 2 aliphatic rings. The summed E-state index contributed by atoms with van der Waals surface area (Å²) in [7, 11) is 0. The number of H-pyrrole nitrogens is 1. The third kappa shape index (κ3) is 5.26. The van der Waals surface area contributed by atoms with E-state index in [0.717, 1.165) is 49.3 Å². The van der Waals surface area contributed by atoms with E-state index in [1.807, 2.05) is 24.5 Å². The zero-order chi connectivity index (χ0) is 22.8. The second-order valence-electron chi connectivity index (χ2n) is 9.17. The molecule has 2 N–H and O–H groups in total. The number of hydrogen-bond acceptors (Lipinski definition) is 6. The summed E-state index contributed by atoms with van der Waals surface area (Å²) in [6.07, 6.45) is 9.87. The Morgan fingerprint density at radius 3 is 2.79 bits per heavy atom. The molecule has 3 aromatic rings. The molecule has 0 amide bonds. The molecule has 1 aromatic carbocycles. The average molecular weight is 486 g/mol. The van der Waals surface area contributed by atoms with E-state index >= 15 is 0 Å². The molecule has 0 spiro atoms. The predicted octanol–water partition coefficient (Wildman–Crippen LogP) is 5.03. The van der Waals surface area contributed by atoms with Gasteiger partial charge in [0.05, 0.1) is 24.8 Å². The fourth-order valence-corrected chi connectivity index (χ4v) is 5.53. The van der Waals surface area contributed by atoms with Crippen LogP contribution in [0.1, 0.15) is 37.1 Å². The van der Waals surface area contributed by atoms with Gasteiger partial charge in [0.25, 0.3) is 0 Å². The molecule has 7 nitrogen and oxygen atoms in total. The van der Waals surface area contributed by atoms with E-state index in [1.165, 1.54) is 25.1 Å². The van der Waals surface area contributed by atoms with Gasteiger partial charge in [-0.3, -0.25) is 9.88 Å². The van der Waals surface area contributed by atoms with Crippen LogP contribution in [-0.2, 0) is 6.54 Å². The van der Waals surface area contributed by atoms with Crippen LogP contribution in [0.15, 0.2) is 43.1 Å². The van der Waals surface area contributed by atoms with Crippen LogP contribution in [0, 0.1) is 11.8 Å². The average Bonchev–Trinajstić information content (AvgIpc) is 3.26. The van der Waals surface area contributed by atoms with Crippen LogP contribution in [0.5, 0.6) is 0 Å². The number of aromatic nitrogens is 4. The van der Waals surface area contributed by atoms with Gasteiger partial charge < -0.3 is 15.2 Å². The summed E-state index contributed by atoms with van der Waals surface area (Å²) in [5.41, 5.74) is 2.17. The molecule has 174 valence electrons. The molecule has 0 bridgehead atoms. The lowest BCUT2D eigenvalue weighted by Gasteiger charge is -2.47. The van der Waals surface area contributed by atoms with Crippen LogP contribution in [0.3, 0.4) is 0 Å². The van der Waals surface area contributed by atoms with E-state index in [-0.39, 0.29) is 6.04 Å². The van der Waals surface area contributed by atoms with Gasteiger partial charge in [-0.05, 0) is 55.8 Å². The van der Waals surface area contributed by atoms with Gasteiger partial charge in [-0.2, -0.15) is 0 Å². The van der Waals surface area contributed by atoms with E-state index in [4.69, 9.17) is 28.2 Å². The van der Waals surface area contributed by atoms with Crippen molar-refractivity contribution in [3.05, 3.63) is 64.4 Å². The largest absolute Gasteiger partial charge is 0.362 e. The Morgan fingerprint density at radius 2 is 2.00 bits per heavy atom. The number of nitrogens with one attached hydrogen (secondary N) is 2. The Kier molecular flexibility index (Phi) is 6.71. The molecular weight excluding hydrogens is 457 g/mol. The standard InChI is InChI=1S/C24H29Cl2N7/c1-16(21-5-4-19(25)7-22(21)26)30-23-9-27-10-24(31-23)33-12-18(13-33)17-3-2-6-32(11-17)14-20-8-28-15-29-20/h4-5,7-10,15-18H,2-3,6,11-14H2,1H3,(H,28,29)(H,30,31)/t16-,17-/m1/s1. The first-order valence-corrected chi connectivity index (χ1v) is 12.3. The molecule has 0 unspecified atom stereocenters. The molecule has 5 rings (SSSR count). The molecule has 2 fully saturated rings. The number of rotatable bonds is 7. The fourth-order valence-electron chi connectivity index (χ4n) is 4.96. The van der Waals surface area contributed by atoms with Crippen LogP contribution < -0.4 is 10.2 Å². The van der Waals surface area contributed by atoms with Crippen molar-refractivity contribution >= 4 is 34.8 Å². The Morgan fingerprint density at radius 1 is 1.12 bits per heavy atom. The summed E-state index contributed by atoms with van der Waals surface area (Å²) in [5.74, 6) is 3.12. The van der Waals surface area contributed by atoms with Crippen molar-refractivity contribution in [1.29, 1.82) is 0 Å². The van der Waals surface area contributed by atoms with E-state index in [9.17, 15) is 0 Å². The van der Waals surface area contributed by atoms with Crippen LogP contribution in [0.25, 0.3) is 0 Å². The van der Waals surface area contributed by atoms with Crippen LogP contribution in [-0.4, -0.2) is 51.0 Å². The smallest absolute Gasteiger partial charge is 0.149 e. The van der Waals surface area contributed by atoms with Gasteiger partial charge in [0, 0.05) is 48.1 Å². The molecule has 33 heavy (non-hydrogen) atoms. The topological polar surface area (TPSA) is 73.0 Å². The number of imidazole rings is 1. The summed E-state index contributed by atoms with van der Waals surface area (Å²) >= 11 is 12.4.